The van der Waals surface area contributed by atoms with Gasteiger partial charge in [0.25, 0.3) is 0 Å². The Morgan fingerprint density at radius 1 is 1.44 bits per heavy atom. The minimum absolute atomic E-state index is 0.0847. The molecule has 16 heavy (non-hydrogen) atoms. The van der Waals surface area contributed by atoms with E-state index in [4.69, 9.17) is 23.2 Å². The number of hydrogen-bond donors (Lipinski definition) is 2. The zero-order valence-corrected chi connectivity index (χ0v) is 10.7. The number of rotatable bonds is 4. The van der Waals surface area contributed by atoms with Crippen LogP contribution in [0.1, 0.15) is 6.92 Å². The van der Waals surface area contributed by atoms with Gasteiger partial charge in [-0.1, -0.05) is 36.2 Å². The third-order valence-corrected chi connectivity index (χ3v) is 2.99. The van der Waals surface area contributed by atoms with Crippen LogP contribution in [0.5, 0.6) is 0 Å². The van der Waals surface area contributed by atoms with Gasteiger partial charge in [0, 0.05) is 12.5 Å². The first-order valence-corrected chi connectivity index (χ1v) is 5.71. The first-order chi connectivity index (χ1) is 7.56. The van der Waals surface area contributed by atoms with Crippen molar-refractivity contribution < 1.29 is 4.79 Å². The van der Waals surface area contributed by atoms with Gasteiger partial charge < -0.3 is 10.6 Å². The maximum atomic E-state index is 11.7. The summed E-state index contributed by atoms with van der Waals surface area (Å²) in [6.45, 7) is 2.45. The summed E-state index contributed by atoms with van der Waals surface area (Å²) >= 11 is 11.8. The lowest BCUT2D eigenvalue weighted by molar-refractivity contribution is -0.119. The summed E-state index contributed by atoms with van der Waals surface area (Å²) in [5, 5.41) is 6.48. The monoisotopic (exact) mass is 260 g/mol. The Labute approximate surface area is 105 Å². The summed E-state index contributed by atoms with van der Waals surface area (Å²) in [7, 11) is 1.80. The molecule has 0 saturated carbocycles. The summed E-state index contributed by atoms with van der Waals surface area (Å²) in [4.78, 5) is 11.7. The standard InChI is InChI=1S/C11H14Cl2N2O/c1-7(6-14-2)11(16)15-9-5-3-4-8(12)10(9)13/h3-5,7,14H,6H2,1-2H3,(H,15,16). The predicted octanol–water partition coefficient (Wildman–Crippen LogP) is 2.79. The van der Waals surface area contributed by atoms with Crippen LogP contribution in [0.4, 0.5) is 5.69 Å². The summed E-state index contributed by atoms with van der Waals surface area (Å²) in [6.07, 6.45) is 0. The van der Waals surface area contributed by atoms with E-state index in [1.165, 1.54) is 0 Å². The lowest BCUT2D eigenvalue weighted by Crippen LogP contribution is -2.28. The zero-order valence-electron chi connectivity index (χ0n) is 9.18. The molecule has 0 radical (unpaired) electrons. The second-order valence-electron chi connectivity index (χ2n) is 3.55. The molecule has 0 aliphatic carbocycles. The van der Waals surface area contributed by atoms with Crippen molar-refractivity contribution >= 4 is 34.8 Å². The Balaban J connectivity index is 2.73. The van der Waals surface area contributed by atoms with Crippen LogP contribution < -0.4 is 10.6 Å². The second kappa shape index (κ2) is 6.09. The first kappa shape index (κ1) is 13.3. The molecule has 0 fully saturated rings. The highest BCUT2D eigenvalue weighted by Gasteiger charge is 2.14. The number of halogens is 2. The Kier molecular flexibility index (Phi) is 5.06. The van der Waals surface area contributed by atoms with E-state index in [1.807, 2.05) is 6.92 Å². The van der Waals surface area contributed by atoms with E-state index >= 15 is 0 Å². The van der Waals surface area contributed by atoms with Gasteiger partial charge in [-0.3, -0.25) is 4.79 Å². The Bertz CT molecular complexity index is 382. The molecule has 1 unspecified atom stereocenters. The molecule has 0 bridgehead atoms. The van der Waals surface area contributed by atoms with Gasteiger partial charge in [0.2, 0.25) is 5.91 Å². The minimum Gasteiger partial charge on any atom is -0.324 e. The van der Waals surface area contributed by atoms with Gasteiger partial charge in [-0.2, -0.15) is 0 Å². The van der Waals surface area contributed by atoms with Gasteiger partial charge in [-0.05, 0) is 19.2 Å². The van der Waals surface area contributed by atoms with Crippen molar-refractivity contribution in [3.05, 3.63) is 28.2 Å². The fourth-order valence-electron chi connectivity index (χ4n) is 1.26. The van der Waals surface area contributed by atoms with Gasteiger partial charge >= 0.3 is 0 Å². The second-order valence-corrected chi connectivity index (χ2v) is 4.33. The summed E-state index contributed by atoms with van der Waals surface area (Å²) in [6, 6.07) is 5.14. The molecule has 1 atom stereocenters. The highest BCUT2D eigenvalue weighted by atomic mass is 35.5. The number of carbonyl (C=O) groups is 1. The van der Waals surface area contributed by atoms with Crippen LogP contribution in [-0.2, 0) is 4.79 Å². The summed E-state index contributed by atoms with van der Waals surface area (Å²) in [5.74, 6) is -0.210. The van der Waals surface area contributed by atoms with E-state index in [0.717, 1.165) is 0 Å². The van der Waals surface area contributed by atoms with Crippen LogP contribution in [0.3, 0.4) is 0 Å². The number of benzene rings is 1. The van der Waals surface area contributed by atoms with E-state index in [-0.39, 0.29) is 11.8 Å². The molecule has 3 nitrogen and oxygen atoms in total. The number of anilines is 1. The van der Waals surface area contributed by atoms with Crippen LogP contribution in [-0.4, -0.2) is 19.5 Å². The van der Waals surface area contributed by atoms with Crippen molar-refractivity contribution in [3.8, 4) is 0 Å². The number of carbonyl (C=O) groups excluding carboxylic acids is 1. The molecular formula is C11H14Cl2N2O. The normalized spacial score (nSPS) is 12.2. The number of nitrogens with one attached hydrogen (secondary N) is 2. The van der Waals surface area contributed by atoms with E-state index in [2.05, 4.69) is 10.6 Å². The van der Waals surface area contributed by atoms with Crippen LogP contribution in [0, 0.1) is 5.92 Å². The molecule has 0 saturated heterocycles. The van der Waals surface area contributed by atoms with Gasteiger partial charge in [0.1, 0.15) is 0 Å². The van der Waals surface area contributed by atoms with Crippen molar-refractivity contribution in [2.24, 2.45) is 5.92 Å². The zero-order chi connectivity index (χ0) is 12.1. The third-order valence-electron chi connectivity index (χ3n) is 2.17. The molecule has 1 aromatic carbocycles. The summed E-state index contributed by atoms with van der Waals surface area (Å²) < 4.78 is 0. The quantitative estimate of drug-likeness (QED) is 0.875. The topological polar surface area (TPSA) is 41.1 Å². The molecule has 0 aromatic heterocycles. The molecule has 1 rings (SSSR count). The average molecular weight is 261 g/mol. The molecule has 2 N–H and O–H groups in total. The molecule has 0 spiro atoms. The molecule has 0 aliphatic heterocycles. The predicted molar refractivity (Wildman–Crippen MR) is 68.2 cm³/mol. The van der Waals surface area contributed by atoms with Crippen molar-refractivity contribution in [1.29, 1.82) is 0 Å². The molecule has 1 amide bonds. The van der Waals surface area contributed by atoms with Crippen LogP contribution in [0.2, 0.25) is 10.0 Å². The Hall–Kier alpha value is -0.770. The lowest BCUT2D eigenvalue weighted by Gasteiger charge is -2.12. The fourth-order valence-corrected chi connectivity index (χ4v) is 1.60. The largest absolute Gasteiger partial charge is 0.324 e. The van der Waals surface area contributed by atoms with Crippen molar-refractivity contribution in [1.82, 2.24) is 5.32 Å². The van der Waals surface area contributed by atoms with Gasteiger partial charge in [-0.15, -0.1) is 0 Å². The molecular weight excluding hydrogens is 247 g/mol. The maximum Gasteiger partial charge on any atom is 0.228 e. The van der Waals surface area contributed by atoms with Crippen molar-refractivity contribution in [3.63, 3.8) is 0 Å². The molecule has 0 heterocycles. The highest BCUT2D eigenvalue weighted by molar-refractivity contribution is 6.43. The van der Waals surface area contributed by atoms with Gasteiger partial charge in [0.15, 0.2) is 0 Å². The van der Waals surface area contributed by atoms with Crippen LogP contribution in [0.15, 0.2) is 18.2 Å². The molecule has 5 heteroatoms. The van der Waals surface area contributed by atoms with Crippen molar-refractivity contribution in [2.45, 2.75) is 6.92 Å². The average Bonchev–Trinajstić information content (AvgIpc) is 2.25. The number of hydrogen-bond acceptors (Lipinski definition) is 2. The molecule has 88 valence electrons. The van der Waals surface area contributed by atoms with Crippen LogP contribution >= 0.6 is 23.2 Å². The van der Waals surface area contributed by atoms with E-state index < -0.39 is 0 Å². The highest BCUT2D eigenvalue weighted by Crippen LogP contribution is 2.29. The Morgan fingerprint density at radius 2 is 2.12 bits per heavy atom. The first-order valence-electron chi connectivity index (χ1n) is 4.95. The van der Waals surface area contributed by atoms with Crippen molar-refractivity contribution in [2.75, 3.05) is 18.9 Å². The fraction of sp³-hybridized carbons (Fsp3) is 0.364. The van der Waals surface area contributed by atoms with E-state index in [0.29, 0.717) is 22.3 Å². The molecule has 1 aromatic rings. The lowest BCUT2D eigenvalue weighted by atomic mass is 10.1. The summed E-state index contributed by atoms with van der Waals surface area (Å²) in [5.41, 5.74) is 0.544. The third kappa shape index (κ3) is 3.37. The smallest absolute Gasteiger partial charge is 0.228 e. The SMILES string of the molecule is CNCC(C)C(=O)Nc1cccc(Cl)c1Cl. The van der Waals surface area contributed by atoms with Gasteiger partial charge in [-0.25, -0.2) is 0 Å². The van der Waals surface area contributed by atoms with Gasteiger partial charge in [0.05, 0.1) is 15.7 Å². The number of amides is 1. The van der Waals surface area contributed by atoms with Crippen LogP contribution in [0.25, 0.3) is 0 Å². The molecule has 0 aliphatic rings. The minimum atomic E-state index is -0.125. The Morgan fingerprint density at radius 3 is 2.75 bits per heavy atom. The van der Waals surface area contributed by atoms with E-state index in [9.17, 15) is 4.79 Å². The maximum absolute atomic E-state index is 11.7. The van der Waals surface area contributed by atoms with E-state index in [1.54, 1.807) is 25.2 Å².